The lowest BCUT2D eigenvalue weighted by atomic mass is 9.99. The van der Waals surface area contributed by atoms with E-state index in [0.29, 0.717) is 153 Å². The summed E-state index contributed by atoms with van der Waals surface area (Å²) in [6, 6.07) is 35.2. The number of carbonyl (C=O) groups excluding carboxylic acids is 3. The quantitative estimate of drug-likeness (QED) is 0.0106. The number of hydrogen-bond donors (Lipinski definition) is 3. The van der Waals surface area contributed by atoms with Crippen LogP contribution in [-0.4, -0.2) is 152 Å². The van der Waals surface area contributed by atoms with Crippen molar-refractivity contribution in [2.24, 2.45) is 0 Å². The number of nitrogens with one attached hydrogen (secondary N) is 3. The van der Waals surface area contributed by atoms with Crippen molar-refractivity contribution in [1.29, 1.82) is 0 Å². The second kappa shape index (κ2) is 38.8. The highest BCUT2D eigenvalue weighted by Crippen LogP contribution is 2.32. The van der Waals surface area contributed by atoms with Gasteiger partial charge in [0.25, 0.3) is 11.8 Å². The minimum absolute atomic E-state index is 0.00798. The van der Waals surface area contributed by atoms with Gasteiger partial charge in [0.2, 0.25) is 10.8 Å². The van der Waals surface area contributed by atoms with E-state index < -0.39 is 48.5 Å². The maximum Gasteiger partial charge on any atom is 0.482 e. The number of allylic oxidation sites excluding steroid dienone is 4. The summed E-state index contributed by atoms with van der Waals surface area (Å²) in [5.74, 6) is -1.35. The molecule has 2 aromatic heterocycles. The van der Waals surface area contributed by atoms with Crippen molar-refractivity contribution in [3.63, 3.8) is 0 Å². The fourth-order valence-electron chi connectivity index (χ4n) is 14.7. The summed E-state index contributed by atoms with van der Waals surface area (Å²) in [5.41, 5.74) is 7.60. The van der Waals surface area contributed by atoms with E-state index >= 15 is 0 Å². The molecular weight excluding hydrogens is 1460 g/mol. The predicted octanol–water partition coefficient (Wildman–Crippen LogP) is 12.1. The first-order valence-corrected chi connectivity index (χ1v) is 44.6. The van der Waals surface area contributed by atoms with Crippen LogP contribution >= 0.6 is 0 Å². The highest BCUT2D eigenvalue weighted by Gasteiger charge is 2.49. The summed E-state index contributed by atoms with van der Waals surface area (Å²) in [5, 5.41) is 5.34. The van der Waals surface area contributed by atoms with Gasteiger partial charge in [-0.05, 0) is 157 Å². The summed E-state index contributed by atoms with van der Waals surface area (Å²) in [7, 11) is -12.9. The fourth-order valence-corrected chi connectivity index (χ4v) is 18.3. The lowest BCUT2D eigenvalue weighted by Crippen LogP contribution is -2.52. The van der Waals surface area contributed by atoms with Gasteiger partial charge in [-0.3, -0.25) is 19.3 Å². The van der Waals surface area contributed by atoms with E-state index in [2.05, 4.69) is 77.6 Å². The average Bonchev–Trinajstić information content (AvgIpc) is 1.55. The molecule has 4 aliphatic rings. The number of H-pyrrole nitrogens is 2. The first-order chi connectivity index (χ1) is 53.4. The Balaban J connectivity index is 1.20. The zero-order valence-corrected chi connectivity index (χ0v) is 68.8. The van der Waals surface area contributed by atoms with E-state index in [1.807, 2.05) is 60.7 Å². The van der Waals surface area contributed by atoms with Gasteiger partial charge in [-0.2, -0.15) is 26.1 Å². The predicted molar refractivity (Wildman–Crippen MR) is 441 cm³/mol. The van der Waals surface area contributed by atoms with Crippen molar-refractivity contribution >= 4 is 99.3 Å². The topological polar surface area (TPSA) is 259 Å². The minimum atomic E-state index is -4.32. The molecule has 4 aromatic carbocycles. The number of carbonyl (C=O) groups is 3. The third-order valence-corrected chi connectivity index (χ3v) is 25.1. The number of benzene rings is 4. The van der Waals surface area contributed by atoms with Crippen molar-refractivity contribution in [3.05, 3.63) is 201 Å². The molecule has 6 heterocycles. The van der Waals surface area contributed by atoms with Crippen LogP contribution in [-0.2, 0) is 66.7 Å². The monoisotopic (exact) mass is 1570 g/mol. The molecule has 1 atom stereocenters. The molecule has 24 heteroatoms. The van der Waals surface area contributed by atoms with Gasteiger partial charge in [-0.1, -0.05) is 174 Å². The molecule has 0 saturated carbocycles. The lowest BCUT2D eigenvalue weighted by molar-refractivity contribution is -1.08. The number of rotatable bonds is 44. The van der Waals surface area contributed by atoms with Crippen LogP contribution in [0.15, 0.2) is 172 Å². The van der Waals surface area contributed by atoms with Crippen LogP contribution in [0.3, 0.4) is 0 Å². The van der Waals surface area contributed by atoms with Gasteiger partial charge in [0.05, 0.1) is 62.3 Å². The smallest absolute Gasteiger partial charge is 0.354 e. The molecule has 8 bridgehead atoms. The zero-order chi connectivity index (χ0) is 79.4. The highest BCUT2D eigenvalue weighted by atomic mass is 32.3. The van der Waals surface area contributed by atoms with Gasteiger partial charge < -0.3 is 15.3 Å². The molecule has 1 unspecified atom stereocenters. The second-order valence-electron chi connectivity index (χ2n) is 29.6. The SMILES string of the molecule is CCCC[N+](CCCC)(CCCC)OS(=O)(=O)c1ccc(/C2=c3\cc/c([nH]3)=C(\c3ccc(NC(=O)CCN4C(=O)C=CC4=O)cc3)C3=[N+]=C(C=C3)/C(c3ccc(S(=O)(=O)O[N+](CCCC)(CCCC)CCCC)cc3)=c3/cc/c([nH]3)=C(\c3ccc([S+]([O])(=O)O[N+](CCCC)(CCCC)CCCC)cc3)C3=[N+]=C2C=C3)cc1. The van der Waals surface area contributed by atoms with Gasteiger partial charge in [-0.15, -0.1) is 4.65 Å². The van der Waals surface area contributed by atoms with E-state index in [1.54, 1.807) is 84.9 Å². The van der Waals surface area contributed by atoms with E-state index in [0.717, 1.165) is 120 Å². The summed E-state index contributed by atoms with van der Waals surface area (Å²) in [4.78, 5) is 46.7. The molecule has 0 spiro atoms. The lowest BCUT2D eigenvalue weighted by Gasteiger charge is -2.34. The molecule has 0 saturated heterocycles. The number of amides is 3. The van der Waals surface area contributed by atoms with Crippen molar-refractivity contribution in [2.75, 3.05) is 70.8 Å². The number of hydroxylamine groups is 9. The van der Waals surface area contributed by atoms with Gasteiger partial charge >= 0.3 is 53.6 Å². The fraction of sp³-hybridized carbons (Fsp3) is 0.437. The Morgan fingerprint density at radius 3 is 0.982 bits per heavy atom. The Labute approximate surface area is 657 Å². The Hall–Kier alpha value is -8.58. The van der Waals surface area contributed by atoms with Gasteiger partial charge in [-0.25, -0.2) is 0 Å². The van der Waals surface area contributed by atoms with E-state index in [1.165, 1.54) is 12.2 Å². The number of quaternary nitrogens is 3. The van der Waals surface area contributed by atoms with Crippen molar-refractivity contribution in [1.82, 2.24) is 24.2 Å². The summed E-state index contributed by atoms with van der Waals surface area (Å²) in [6.07, 6.45) is 25.0. The van der Waals surface area contributed by atoms with E-state index in [4.69, 9.17) is 22.2 Å². The number of anilines is 1. The van der Waals surface area contributed by atoms with Crippen LogP contribution in [0.5, 0.6) is 0 Å². The summed E-state index contributed by atoms with van der Waals surface area (Å²) >= 11 is 0. The van der Waals surface area contributed by atoms with Crippen molar-refractivity contribution in [2.45, 2.75) is 199 Å². The van der Waals surface area contributed by atoms with Crippen LogP contribution in [0, 0.1) is 0 Å². The molecule has 10 rings (SSSR count). The van der Waals surface area contributed by atoms with Crippen LogP contribution < -0.4 is 36.0 Å². The normalized spacial score (nSPS) is 17.2. The first-order valence-electron chi connectivity index (χ1n) is 40.3. The molecule has 111 heavy (non-hydrogen) atoms. The maximum atomic E-state index is 14.8. The second-order valence-corrected chi connectivity index (χ2v) is 34.2. The molecule has 6 aromatic rings. The van der Waals surface area contributed by atoms with E-state index in [9.17, 15) is 40.0 Å². The van der Waals surface area contributed by atoms with Crippen LogP contribution in [0.25, 0.3) is 22.3 Å². The van der Waals surface area contributed by atoms with E-state index in [-0.39, 0.29) is 41.6 Å². The molecular formula is C87H114N9O12S3+6. The maximum absolute atomic E-state index is 14.8. The molecule has 3 N–H and O–H groups in total. The zero-order valence-electron chi connectivity index (χ0n) is 66.3. The molecule has 591 valence electrons. The summed E-state index contributed by atoms with van der Waals surface area (Å²) < 4.78 is 119. The Kier molecular flexibility index (Phi) is 29.6. The molecule has 21 nitrogen and oxygen atoms in total. The molecule has 1 radical (unpaired) electrons. The number of nitrogens with zero attached hydrogens (tertiary/aromatic N) is 6. The highest BCUT2D eigenvalue weighted by molar-refractivity contribution is 7.92. The number of hydrogen-bond acceptors (Lipinski definition) is 11. The van der Waals surface area contributed by atoms with Crippen molar-refractivity contribution < 1.29 is 66.8 Å². The number of imide groups is 1. The molecule has 0 aliphatic carbocycles. The Bertz CT molecular complexity index is 5040. The van der Waals surface area contributed by atoms with Crippen LogP contribution in [0.2, 0.25) is 0 Å². The molecule has 0 fully saturated rings. The van der Waals surface area contributed by atoms with Gasteiger partial charge in [0.1, 0.15) is 58.9 Å². The summed E-state index contributed by atoms with van der Waals surface area (Å²) in [6.45, 7) is 23.8. The molecule has 4 aliphatic heterocycles. The standard InChI is InChI=1S/C87H111N9O12S3/c1-10-19-56-94(57-20-11-2,58-21-12-3)106-109(100,101)70-38-30-66(31-39-70)85-75-46-44-73(89-75)84(65-28-36-69(37-29-65)88-81(97)54-55-93-82(98)52-53-83(93)99)74-45-47-76(90-74)86(67-32-40-71(41-33-67)110(102,103)107-95(59-22-13-4,60-23-14-5)61-24-15-6)78-49-51-80(92-78)87(79-50-48-77(85)91-79)68-34-42-72(43-35-68)111(104,105)108-96(62-25-16-7,63-26-17-8)64-27-18-9/h28-53H,10-27,54-64H2,1-9H3/q+3/p+3/b84-73-,84-74?,85-75-,85-77?,86-76?,86-78-,87-79?,87-80-. The molecule has 3 amide bonds. The van der Waals surface area contributed by atoms with Crippen molar-refractivity contribution in [3.8, 4) is 0 Å². The Morgan fingerprint density at radius 2 is 0.685 bits per heavy atom. The minimum Gasteiger partial charge on any atom is -0.354 e. The third kappa shape index (κ3) is 21.0. The first kappa shape index (κ1) is 84.9. The third-order valence-electron chi connectivity index (χ3n) is 21.0. The van der Waals surface area contributed by atoms with Crippen LogP contribution in [0.4, 0.5) is 5.69 Å². The Morgan fingerprint density at radius 1 is 0.405 bits per heavy atom. The average molecular weight is 1570 g/mol. The number of aromatic nitrogens is 2. The number of fused-ring (bicyclic) bond motifs is 4. The number of unbranched alkanes of at least 4 members (excludes halogenated alkanes) is 9. The largest absolute Gasteiger partial charge is 0.482 e. The number of aromatic amines is 2. The van der Waals surface area contributed by atoms with Crippen LogP contribution in [0.1, 0.15) is 207 Å². The van der Waals surface area contributed by atoms with Gasteiger partial charge in [0, 0.05) is 67.2 Å². The van der Waals surface area contributed by atoms with Gasteiger partial charge in [0.15, 0.2) is 0 Å².